The number of urea groups is 2. The minimum atomic E-state index is -0.326. The van der Waals surface area contributed by atoms with Gasteiger partial charge in [0.15, 0.2) is 0 Å². The van der Waals surface area contributed by atoms with Gasteiger partial charge in [0.05, 0.1) is 0 Å². The summed E-state index contributed by atoms with van der Waals surface area (Å²) in [5, 5.41) is 10.7. The van der Waals surface area contributed by atoms with E-state index in [1.807, 2.05) is 24.3 Å². The molecule has 0 unspecified atom stereocenters. The first-order valence-corrected chi connectivity index (χ1v) is 8.72. The molecule has 4 amide bonds. The van der Waals surface area contributed by atoms with E-state index < -0.39 is 0 Å². The van der Waals surface area contributed by atoms with E-state index in [2.05, 4.69) is 53.1 Å². The van der Waals surface area contributed by atoms with Gasteiger partial charge in [0, 0.05) is 33.4 Å². The van der Waals surface area contributed by atoms with E-state index in [1.54, 1.807) is 24.3 Å². The van der Waals surface area contributed by atoms with Gasteiger partial charge in [-0.3, -0.25) is 0 Å². The van der Waals surface area contributed by atoms with E-state index >= 15 is 0 Å². The Morgan fingerprint density at radius 2 is 1.00 bits per heavy atom. The topological polar surface area (TPSA) is 82.3 Å². The Labute approximate surface area is 156 Å². The number of halogens is 2. The van der Waals surface area contributed by atoms with Crippen LogP contribution in [0.1, 0.15) is 0 Å². The lowest BCUT2D eigenvalue weighted by molar-refractivity contribution is 0.248. The van der Waals surface area contributed by atoms with Crippen LogP contribution < -0.4 is 21.3 Å². The number of hydrogen-bond donors (Lipinski definition) is 4. The van der Waals surface area contributed by atoms with Crippen LogP contribution in [0.3, 0.4) is 0 Å². The van der Waals surface area contributed by atoms with Gasteiger partial charge in [-0.25, -0.2) is 9.59 Å². The summed E-state index contributed by atoms with van der Waals surface area (Å²) in [6, 6.07) is 13.8. The third kappa shape index (κ3) is 6.59. The van der Waals surface area contributed by atoms with Crippen molar-refractivity contribution in [3.05, 3.63) is 57.5 Å². The van der Waals surface area contributed by atoms with E-state index in [1.165, 1.54) is 0 Å². The van der Waals surface area contributed by atoms with Crippen LogP contribution in [-0.2, 0) is 0 Å². The molecule has 0 saturated heterocycles. The molecule has 0 saturated carbocycles. The molecular weight excluding hydrogens is 440 g/mol. The highest BCUT2D eigenvalue weighted by Crippen LogP contribution is 2.14. The Kier molecular flexibility index (Phi) is 7.07. The number of benzene rings is 2. The summed E-state index contributed by atoms with van der Waals surface area (Å²) >= 11 is 6.65. The van der Waals surface area contributed by atoms with Gasteiger partial charge >= 0.3 is 12.1 Å². The lowest BCUT2D eigenvalue weighted by Crippen LogP contribution is -2.38. The van der Waals surface area contributed by atoms with Crippen molar-refractivity contribution in [2.24, 2.45) is 0 Å². The highest BCUT2D eigenvalue weighted by molar-refractivity contribution is 9.10. The predicted molar refractivity (Wildman–Crippen MR) is 102 cm³/mol. The van der Waals surface area contributed by atoms with Crippen molar-refractivity contribution in [2.45, 2.75) is 0 Å². The Balaban J connectivity index is 1.63. The maximum Gasteiger partial charge on any atom is 0.319 e. The first-order chi connectivity index (χ1) is 11.5. The average molecular weight is 456 g/mol. The monoisotopic (exact) mass is 454 g/mol. The van der Waals surface area contributed by atoms with Crippen molar-refractivity contribution in [3.63, 3.8) is 0 Å². The van der Waals surface area contributed by atoms with Crippen molar-refractivity contribution in [3.8, 4) is 0 Å². The molecule has 0 heterocycles. The molecule has 6 nitrogen and oxygen atoms in total. The van der Waals surface area contributed by atoms with Gasteiger partial charge in [-0.05, 0) is 48.5 Å². The molecule has 2 aromatic rings. The minimum Gasteiger partial charge on any atom is -0.336 e. The molecule has 0 aliphatic heterocycles. The summed E-state index contributed by atoms with van der Waals surface area (Å²) in [5.74, 6) is 0. The van der Waals surface area contributed by atoms with Gasteiger partial charge in [-0.1, -0.05) is 31.9 Å². The second-order valence-electron chi connectivity index (χ2n) is 4.78. The second kappa shape index (κ2) is 9.29. The molecule has 4 N–H and O–H groups in total. The fourth-order valence-corrected chi connectivity index (χ4v) is 2.30. The summed E-state index contributed by atoms with van der Waals surface area (Å²) in [6.45, 7) is 0.631. The summed E-state index contributed by atoms with van der Waals surface area (Å²) in [6.07, 6.45) is 0. The maximum absolute atomic E-state index is 11.7. The number of carbonyl (C=O) groups excluding carboxylic acids is 2. The van der Waals surface area contributed by atoms with Crippen molar-refractivity contribution >= 4 is 55.3 Å². The molecule has 0 radical (unpaired) electrons. The second-order valence-corrected chi connectivity index (χ2v) is 6.61. The summed E-state index contributed by atoms with van der Waals surface area (Å²) in [4.78, 5) is 23.4. The molecule has 0 atom stereocenters. The maximum atomic E-state index is 11.7. The molecule has 0 fully saturated rings. The largest absolute Gasteiger partial charge is 0.336 e. The zero-order chi connectivity index (χ0) is 17.4. The van der Waals surface area contributed by atoms with E-state index in [4.69, 9.17) is 0 Å². The fourth-order valence-electron chi connectivity index (χ4n) is 1.77. The van der Waals surface area contributed by atoms with Gasteiger partial charge in [0.25, 0.3) is 0 Å². The Morgan fingerprint density at radius 1 is 0.667 bits per heavy atom. The molecular formula is C16H16Br2N4O2. The van der Waals surface area contributed by atoms with Crippen LogP contribution in [0.5, 0.6) is 0 Å². The molecule has 2 aromatic carbocycles. The van der Waals surface area contributed by atoms with Crippen LogP contribution in [0.15, 0.2) is 57.5 Å². The van der Waals surface area contributed by atoms with E-state index in [0.29, 0.717) is 24.5 Å². The summed E-state index contributed by atoms with van der Waals surface area (Å²) < 4.78 is 1.88. The van der Waals surface area contributed by atoms with Gasteiger partial charge in [0.2, 0.25) is 0 Å². The highest BCUT2D eigenvalue weighted by Gasteiger charge is 2.03. The summed E-state index contributed by atoms with van der Waals surface area (Å²) in [5.41, 5.74) is 1.38. The summed E-state index contributed by atoms with van der Waals surface area (Å²) in [7, 11) is 0. The lowest BCUT2D eigenvalue weighted by Gasteiger charge is -2.10. The van der Waals surface area contributed by atoms with Gasteiger partial charge in [-0.2, -0.15) is 0 Å². The third-order valence-corrected chi connectivity index (χ3v) is 3.96. The molecule has 126 valence electrons. The molecule has 0 aliphatic rings. The van der Waals surface area contributed by atoms with Gasteiger partial charge in [0.1, 0.15) is 0 Å². The molecule has 24 heavy (non-hydrogen) atoms. The average Bonchev–Trinajstić information content (AvgIpc) is 2.56. The third-order valence-electron chi connectivity index (χ3n) is 2.90. The van der Waals surface area contributed by atoms with Crippen molar-refractivity contribution in [2.75, 3.05) is 23.7 Å². The zero-order valence-corrected chi connectivity index (χ0v) is 15.8. The van der Waals surface area contributed by atoms with Crippen LogP contribution in [0.2, 0.25) is 0 Å². The Bertz CT molecular complexity index is 629. The van der Waals surface area contributed by atoms with Crippen LogP contribution in [-0.4, -0.2) is 25.2 Å². The Hall–Kier alpha value is -2.06. The smallest absolute Gasteiger partial charge is 0.319 e. The number of anilines is 2. The molecule has 0 spiro atoms. The van der Waals surface area contributed by atoms with E-state index in [0.717, 1.165) is 8.95 Å². The number of rotatable bonds is 5. The standard InChI is InChI=1S/C16H16Br2N4O2/c17-11-1-5-13(6-2-11)21-15(23)19-9-10-20-16(24)22-14-7-3-12(18)4-8-14/h1-8H,9-10H2,(H2,19,21,23)(H2,20,22,24). The normalized spacial score (nSPS) is 9.92. The lowest BCUT2D eigenvalue weighted by atomic mass is 10.3. The van der Waals surface area contributed by atoms with Crippen molar-refractivity contribution < 1.29 is 9.59 Å². The van der Waals surface area contributed by atoms with Crippen molar-refractivity contribution in [1.29, 1.82) is 0 Å². The van der Waals surface area contributed by atoms with E-state index in [-0.39, 0.29) is 12.1 Å². The first kappa shape index (κ1) is 18.3. The molecule has 8 heteroatoms. The zero-order valence-electron chi connectivity index (χ0n) is 12.6. The van der Waals surface area contributed by atoms with Crippen LogP contribution in [0.25, 0.3) is 0 Å². The highest BCUT2D eigenvalue weighted by atomic mass is 79.9. The van der Waals surface area contributed by atoms with Crippen LogP contribution in [0.4, 0.5) is 21.0 Å². The SMILES string of the molecule is O=C(NCCNC(=O)Nc1ccc(Br)cc1)Nc1ccc(Br)cc1. The number of nitrogens with one attached hydrogen (secondary N) is 4. The van der Waals surface area contributed by atoms with Gasteiger partial charge in [-0.15, -0.1) is 0 Å². The molecule has 2 rings (SSSR count). The fraction of sp³-hybridized carbons (Fsp3) is 0.125. The van der Waals surface area contributed by atoms with Crippen LogP contribution in [0, 0.1) is 0 Å². The quantitative estimate of drug-likeness (QED) is 0.510. The predicted octanol–water partition coefficient (Wildman–Crippen LogP) is 4.15. The molecule has 0 aromatic heterocycles. The van der Waals surface area contributed by atoms with Crippen LogP contribution >= 0.6 is 31.9 Å². The number of hydrogen-bond acceptors (Lipinski definition) is 2. The van der Waals surface area contributed by atoms with Gasteiger partial charge < -0.3 is 21.3 Å². The number of carbonyl (C=O) groups is 2. The first-order valence-electron chi connectivity index (χ1n) is 7.14. The van der Waals surface area contributed by atoms with Crippen molar-refractivity contribution in [1.82, 2.24) is 10.6 Å². The minimum absolute atomic E-state index is 0.316. The van der Waals surface area contributed by atoms with E-state index in [9.17, 15) is 9.59 Å². The molecule has 0 bridgehead atoms. The molecule has 0 aliphatic carbocycles. The number of amides is 4. The Morgan fingerprint density at radius 3 is 1.33 bits per heavy atom.